The lowest BCUT2D eigenvalue weighted by Crippen LogP contribution is -2.37. The number of hydrogen-bond donors (Lipinski definition) is 0. The fourth-order valence-corrected chi connectivity index (χ4v) is 4.20. The number of amides is 1. The molecule has 1 aliphatic heterocycles. The summed E-state index contributed by atoms with van der Waals surface area (Å²) in [6, 6.07) is 7.88. The van der Waals surface area contributed by atoms with E-state index in [-0.39, 0.29) is 19.2 Å². The van der Waals surface area contributed by atoms with Crippen LogP contribution in [0.2, 0.25) is 4.34 Å². The summed E-state index contributed by atoms with van der Waals surface area (Å²) in [7, 11) is 0. The van der Waals surface area contributed by atoms with Crippen LogP contribution in [0.25, 0.3) is 0 Å². The van der Waals surface area contributed by atoms with Gasteiger partial charge in [-0.2, -0.15) is 13.2 Å². The first kappa shape index (κ1) is 17.9. The van der Waals surface area contributed by atoms with Gasteiger partial charge in [-0.05, 0) is 23.3 Å². The van der Waals surface area contributed by atoms with E-state index in [2.05, 4.69) is 0 Å². The maximum atomic E-state index is 14.2. The van der Waals surface area contributed by atoms with E-state index in [0.717, 1.165) is 10.4 Å². The third-order valence-corrected chi connectivity index (χ3v) is 5.20. The van der Waals surface area contributed by atoms with Gasteiger partial charge in [-0.15, -0.1) is 11.3 Å². The van der Waals surface area contributed by atoms with Crippen LogP contribution in [0, 0.1) is 5.82 Å². The molecule has 2 aromatic rings. The molecule has 0 saturated carbocycles. The molecule has 0 fully saturated rings. The highest BCUT2D eigenvalue weighted by atomic mass is 35.5. The Kier molecular flexibility index (Phi) is 4.88. The van der Waals surface area contributed by atoms with E-state index in [0.29, 0.717) is 16.0 Å². The van der Waals surface area contributed by atoms with E-state index >= 15 is 0 Å². The van der Waals surface area contributed by atoms with Gasteiger partial charge in [0.05, 0.1) is 10.9 Å². The van der Waals surface area contributed by atoms with Crippen LogP contribution in [-0.4, -0.2) is 23.5 Å². The molecule has 0 N–H and O–H groups in total. The fraction of sp³-hybridized carbons (Fsp3) is 0.235. The molecule has 1 aromatic carbocycles. The molecule has 1 aromatic heterocycles. The van der Waals surface area contributed by atoms with E-state index in [1.165, 1.54) is 22.3 Å². The lowest BCUT2D eigenvalue weighted by atomic mass is 9.88. The summed E-state index contributed by atoms with van der Waals surface area (Å²) in [5, 5.41) is 0. The smallest absolute Gasteiger partial charge is 0.333 e. The highest BCUT2D eigenvalue weighted by Gasteiger charge is 2.32. The van der Waals surface area contributed by atoms with Crippen molar-refractivity contribution in [3.05, 3.63) is 68.6 Å². The van der Waals surface area contributed by atoms with E-state index in [1.54, 1.807) is 24.3 Å². The molecular weight excluding hydrogens is 378 g/mol. The van der Waals surface area contributed by atoms with Crippen molar-refractivity contribution >= 4 is 28.8 Å². The van der Waals surface area contributed by atoms with Crippen LogP contribution in [-0.2, 0) is 11.3 Å². The second kappa shape index (κ2) is 6.80. The monoisotopic (exact) mass is 389 g/mol. The first-order chi connectivity index (χ1) is 11.7. The van der Waals surface area contributed by atoms with Crippen LogP contribution in [0.1, 0.15) is 21.9 Å². The minimum absolute atomic E-state index is 0.0853. The molecule has 1 atom stereocenters. The molecule has 2 nitrogen and oxygen atoms in total. The van der Waals surface area contributed by atoms with Crippen molar-refractivity contribution < 1.29 is 22.4 Å². The normalized spacial score (nSPS) is 17.8. The minimum atomic E-state index is -4.56. The Morgan fingerprint density at radius 3 is 2.68 bits per heavy atom. The SMILES string of the molecule is O=C(/C=C/C(F)(F)F)N1Cc2sc(Cl)cc2[C@H](c2ccccc2F)C1. The van der Waals surface area contributed by atoms with Crippen molar-refractivity contribution in [3.63, 3.8) is 0 Å². The number of rotatable bonds is 2. The summed E-state index contributed by atoms with van der Waals surface area (Å²) in [6.45, 7) is 0.237. The van der Waals surface area contributed by atoms with Crippen molar-refractivity contribution in [1.29, 1.82) is 0 Å². The second-order valence-electron chi connectivity index (χ2n) is 5.60. The summed E-state index contributed by atoms with van der Waals surface area (Å²) in [6.07, 6.45) is -4.16. The van der Waals surface area contributed by atoms with Gasteiger partial charge < -0.3 is 4.90 Å². The molecule has 0 spiro atoms. The number of allylic oxidation sites excluding steroid dienone is 1. The van der Waals surface area contributed by atoms with Gasteiger partial charge in [0.2, 0.25) is 5.91 Å². The molecule has 132 valence electrons. The molecule has 1 aliphatic rings. The summed E-state index contributed by atoms with van der Waals surface area (Å²) >= 11 is 7.29. The van der Waals surface area contributed by atoms with Crippen LogP contribution in [0.5, 0.6) is 0 Å². The van der Waals surface area contributed by atoms with Gasteiger partial charge >= 0.3 is 6.18 Å². The lowest BCUT2D eigenvalue weighted by molar-refractivity contribution is -0.127. The fourth-order valence-electron chi connectivity index (χ4n) is 2.85. The Morgan fingerprint density at radius 1 is 1.28 bits per heavy atom. The van der Waals surface area contributed by atoms with Crippen molar-refractivity contribution in [2.75, 3.05) is 6.54 Å². The molecular formula is C17H12ClF4NOS. The van der Waals surface area contributed by atoms with Gasteiger partial charge in [0.25, 0.3) is 0 Å². The van der Waals surface area contributed by atoms with E-state index in [9.17, 15) is 22.4 Å². The zero-order valence-electron chi connectivity index (χ0n) is 12.7. The predicted molar refractivity (Wildman–Crippen MR) is 88.2 cm³/mol. The van der Waals surface area contributed by atoms with Crippen molar-refractivity contribution in [3.8, 4) is 0 Å². The number of nitrogens with zero attached hydrogens (tertiary/aromatic N) is 1. The first-order valence-corrected chi connectivity index (χ1v) is 8.51. The average Bonchev–Trinajstić information content (AvgIpc) is 2.91. The molecule has 0 radical (unpaired) electrons. The Labute approximate surface area is 150 Å². The van der Waals surface area contributed by atoms with E-state index < -0.39 is 23.8 Å². The Hall–Kier alpha value is -1.86. The summed E-state index contributed by atoms with van der Waals surface area (Å²) in [5.74, 6) is -1.67. The highest BCUT2D eigenvalue weighted by molar-refractivity contribution is 7.16. The Balaban J connectivity index is 1.95. The topological polar surface area (TPSA) is 20.3 Å². The largest absolute Gasteiger partial charge is 0.409 e. The predicted octanol–water partition coefficient (Wildman–Crippen LogP) is 5.13. The number of carbonyl (C=O) groups is 1. The van der Waals surface area contributed by atoms with Gasteiger partial charge in [0.15, 0.2) is 0 Å². The van der Waals surface area contributed by atoms with Crippen LogP contribution >= 0.6 is 22.9 Å². The van der Waals surface area contributed by atoms with Gasteiger partial charge in [-0.1, -0.05) is 29.8 Å². The van der Waals surface area contributed by atoms with Gasteiger partial charge in [-0.3, -0.25) is 4.79 Å². The van der Waals surface area contributed by atoms with Crippen LogP contribution in [0.4, 0.5) is 17.6 Å². The number of alkyl halides is 3. The van der Waals surface area contributed by atoms with Gasteiger partial charge in [0, 0.05) is 29.5 Å². The third kappa shape index (κ3) is 4.04. The molecule has 1 amide bonds. The van der Waals surface area contributed by atoms with Crippen LogP contribution < -0.4 is 0 Å². The molecule has 2 heterocycles. The number of fused-ring (bicyclic) bond motifs is 1. The summed E-state index contributed by atoms with van der Waals surface area (Å²) in [5.41, 5.74) is 1.19. The average molecular weight is 390 g/mol. The van der Waals surface area contributed by atoms with Crippen LogP contribution in [0.15, 0.2) is 42.5 Å². The van der Waals surface area contributed by atoms with E-state index in [4.69, 9.17) is 11.6 Å². The lowest BCUT2D eigenvalue weighted by Gasteiger charge is -2.32. The molecule has 8 heteroatoms. The van der Waals surface area contributed by atoms with Gasteiger partial charge in [0.1, 0.15) is 5.82 Å². The molecule has 0 bridgehead atoms. The number of thiophene rings is 1. The standard InChI is InChI=1S/C17H12ClF4NOS/c18-15-7-11-12(10-3-1-2-4-13(10)19)8-23(9-14(11)25-15)16(24)5-6-17(20,21)22/h1-7,12H,8-9H2/b6-5+/t12-/m0/s1. The highest BCUT2D eigenvalue weighted by Crippen LogP contribution is 2.40. The number of carbonyl (C=O) groups excluding carboxylic acids is 1. The molecule has 0 unspecified atom stereocenters. The summed E-state index contributed by atoms with van der Waals surface area (Å²) < 4.78 is 51.6. The third-order valence-electron chi connectivity index (χ3n) is 3.93. The molecule has 0 saturated heterocycles. The Morgan fingerprint density at radius 2 is 2.00 bits per heavy atom. The number of halogens is 5. The maximum Gasteiger partial charge on any atom is 0.409 e. The van der Waals surface area contributed by atoms with Crippen molar-refractivity contribution in [2.45, 2.75) is 18.6 Å². The first-order valence-electron chi connectivity index (χ1n) is 7.32. The zero-order valence-corrected chi connectivity index (χ0v) is 14.3. The molecule has 3 rings (SSSR count). The summed E-state index contributed by atoms with van der Waals surface area (Å²) in [4.78, 5) is 14.2. The minimum Gasteiger partial charge on any atom is -0.333 e. The maximum absolute atomic E-state index is 14.2. The zero-order chi connectivity index (χ0) is 18.2. The number of benzene rings is 1. The Bertz CT molecular complexity index is 830. The van der Waals surface area contributed by atoms with Crippen molar-refractivity contribution in [2.24, 2.45) is 0 Å². The molecule has 0 aliphatic carbocycles. The second-order valence-corrected chi connectivity index (χ2v) is 7.36. The van der Waals surface area contributed by atoms with Gasteiger partial charge in [-0.25, -0.2) is 4.39 Å². The number of hydrogen-bond acceptors (Lipinski definition) is 2. The quantitative estimate of drug-likeness (QED) is 0.515. The van der Waals surface area contributed by atoms with Crippen molar-refractivity contribution in [1.82, 2.24) is 4.90 Å². The van der Waals surface area contributed by atoms with E-state index in [1.807, 2.05) is 0 Å². The van der Waals surface area contributed by atoms with Crippen LogP contribution in [0.3, 0.4) is 0 Å². The molecule has 25 heavy (non-hydrogen) atoms.